The molecule has 0 aliphatic heterocycles. The number of aromatic nitrogens is 1. The Balaban J connectivity index is 2.39. The van der Waals surface area contributed by atoms with Gasteiger partial charge in [-0.15, -0.1) is 11.3 Å². The summed E-state index contributed by atoms with van der Waals surface area (Å²) >= 11 is 1.90. The van der Waals surface area contributed by atoms with Gasteiger partial charge in [0.1, 0.15) is 5.01 Å². The van der Waals surface area contributed by atoms with Gasteiger partial charge in [0.25, 0.3) is 0 Å². The van der Waals surface area contributed by atoms with E-state index in [1.807, 2.05) is 11.3 Å². The second-order valence-corrected chi connectivity index (χ2v) is 8.73. The van der Waals surface area contributed by atoms with Crippen LogP contribution in [0.25, 0.3) is 0 Å². The quantitative estimate of drug-likeness (QED) is 0.862. The van der Waals surface area contributed by atoms with Crippen molar-refractivity contribution in [3.05, 3.63) is 15.6 Å². The maximum absolute atomic E-state index is 4.91. The summed E-state index contributed by atoms with van der Waals surface area (Å²) in [5.74, 6) is 0.757. The highest BCUT2D eigenvalue weighted by Gasteiger charge is 2.45. The van der Waals surface area contributed by atoms with E-state index in [1.54, 1.807) is 0 Å². The molecule has 2 unspecified atom stereocenters. The van der Waals surface area contributed by atoms with Crippen LogP contribution in [-0.4, -0.2) is 11.5 Å². The molecular weight excluding hydrogens is 264 g/mol. The Hall–Kier alpha value is -0.410. The summed E-state index contributed by atoms with van der Waals surface area (Å²) in [6, 6.07) is 0. The van der Waals surface area contributed by atoms with E-state index in [2.05, 4.69) is 46.9 Å². The molecule has 0 bridgehead atoms. The lowest BCUT2D eigenvalue weighted by atomic mass is 9.64. The zero-order valence-corrected chi connectivity index (χ0v) is 14.8. The van der Waals surface area contributed by atoms with Gasteiger partial charge in [-0.25, -0.2) is 4.98 Å². The lowest BCUT2D eigenvalue weighted by Gasteiger charge is -2.47. The maximum atomic E-state index is 4.91. The number of aryl methyl sites for hydroxylation is 2. The third-order valence-electron chi connectivity index (χ3n) is 4.53. The van der Waals surface area contributed by atoms with Gasteiger partial charge in [-0.05, 0) is 57.4 Å². The van der Waals surface area contributed by atoms with Gasteiger partial charge < -0.3 is 5.32 Å². The summed E-state index contributed by atoms with van der Waals surface area (Å²) < 4.78 is 0. The molecule has 1 N–H and O–H groups in total. The van der Waals surface area contributed by atoms with E-state index in [9.17, 15) is 0 Å². The van der Waals surface area contributed by atoms with Crippen molar-refractivity contribution in [1.82, 2.24) is 10.3 Å². The fraction of sp³-hybridized carbons (Fsp3) is 0.824. The molecule has 0 aromatic carbocycles. The molecule has 1 saturated carbocycles. The minimum atomic E-state index is 0.0981. The van der Waals surface area contributed by atoms with Crippen LogP contribution >= 0.6 is 11.3 Å². The number of nitrogens with one attached hydrogen (secondary N) is 1. The van der Waals surface area contributed by atoms with Crippen molar-refractivity contribution in [2.24, 2.45) is 11.3 Å². The zero-order chi connectivity index (χ0) is 15.0. The van der Waals surface area contributed by atoms with Crippen LogP contribution in [0, 0.1) is 25.2 Å². The maximum Gasteiger partial charge on any atom is 0.113 e. The first-order valence-corrected chi connectivity index (χ1v) is 8.79. The Morgan fingerprint density at radius 1 is 1.30 bits per heavy atom. The summed E-state index contributed by atoms with van der Waals surface area (Å²) in [6.07, 6.45) is 4.94. The normalized spacial score (nSPS) is 29.6. The van der Waals surface area contributed by atoms with Gasteiger partial charge in [0.2, 0.25) is 0 Å². The molecule has 2 atom stereocenters. The smallest absolute Gasteiger partial charge is 0.113 e. The zero-order valence-electron chi connectivity index (χ0n) is 14.0. The number of nitrogens with zero attached hydrogens (tertiary/aromatic N) is 1. The number of hydrogen-bond acceptors (Lipinski definition) is 3. The van der Waals surface area contributed by atoms with Crippen LogP contribution in [0.2, 0.25) is 0 Å². The molecule has 114 valence electrons. The molecule has 2 nitrogen and oxygen atoms in total. The Bertz CT molecular complexity index is 444. The first kappa shape index (κ1) is 16.0. The van der Waals surface area contributed by atoms with Crippen LogP contribution in [0.1, 0.15) is 69.0 Å². The Kier molecular flexibility index (Phi) is 4.60. The second kappa shape index (κ2) is 5.76. The molecule has 0 spiro atoms. The molecule has 3 heteroatoms. The van der Waals surface area contributed by atoms with E-state index in [0.717, 1.165) is 12.5 Å². The summed E-state index contributed by atoms with van der Waals surface area (Å²) in [4.78, 5) is 6.28. The highest BCUT2D eigenvalue weighted by Crippen LogP contribution is 2.49. The topological polar surface area (TPSA) is 24.9 Å². The van der Waals surface area contributed by atoms with E-state index >= 15 is 0 Å². The summed E-state index contributed by atoms with van der Waals surface area (Å²) in [5, 5.41) is 5.20. The summed E-state index contributed by atoms with van der Waals surface area (Å²) in [6.45, 7) is 14.9. The molecule has 0 saturated heterocycles. The van der Waals surface area contributed by atoms with E-state index in [1.165, 1.54) is 41.3 Å². The van der Waals surface area contributed by atoms with Crippen LogP contribution in [0.3, 0.4) is 0 Å². The van der Waals surface area contributed by atoms with E-state index < -0.39 is 0 Å². The number of thiazole rings is 1. The highest BCUT2D eigenvalue weighted by atomic mass is 32.1. The predicted molar refractivity (Wildman–Crippen MR) is 88.4 cm³/mol. The lowest BCUT2D eigenvalue weighted by Crippen LogP contribution is -2.50. The number of hydrogen-bond donors (Lipinski definition) is 1. The standard InChI is InChI=1S/C17H30N2S/c1-7-8-18-17(15-19-13(3)14(4)20-15)10-12(2)9-16(5,6)11-17/h12,18H,7-11H2,1-6H3. The second-order valence-electron chi connectivity index (χ2n) is 7.52. The average molecular weight is 295 g/mol. The van der Waals surface area contributed by atoms with Gasteiger partial charge in [0.15, 0.2) is 0 Å². The minimum Gasteiger partial charge on any atom is -0.305 e. The average Bonchev–Trinajstić information content (AvgIpc) is 2.65. The largest absolute Gasteiger partial charge is 0.305 e. The predicted octanol–water partition coefficient (Wildman–Crippen LogP) is 4.80. The molecule has 1 aliphatic rings. The Morgan fingerprint density at radius 2 is 2.00 bits per heavy atom. The molecule has 1 heterocycles. The molecular formula is C17H30N2S. The fourth-order valence-corrected chi connectivity index (χ4v) is 5.08. The molecule has 2 rings (SSSR count). The molecule has 20 heavy (non-hydrogen) atoms. The molecule has 0 amide bonds. The van der Waals surface area contributed by atoms with Crippen LogP contribution < -0.4 is 5.32 Å². The Labute approximate surface area is 128 Å². The van der Waals surface area contributed by atoms with Gasteiger partial charge in [-0.1, -0.05) is 27.7 Å². The van der Waals surface area contributed by atoms with Crippen LogP contribution in [0.15, 0.2) is 0 Å². The van der Waals surface area contributed by atoms with E-state index in [-0.39, 0.29) is 5.54 Å². The van der Waals surface area contributed by atoms with Crippen molar-refractivity contribution >= 4 is 11.3 Å². The lowest BCUT2D eigenvalue weighted by molar-refractivity contribution is 0.0794. The summed E-state index contributed by atoms with van der Waals surface area (Å²) in [5.41, 5.74) is 1.70. The van der Waals surface area contributed by atoms with Crippen molar-refractivity contribution in [2.45, 2.75) is 72.8 Å². The van der Waals surface area contributed by atoms with Gasteiger partial charge in [-0.3, -0.25) is 0 Å². The number of rotatable bonds is 4. The van der Waals surface area contributed by atoms with Gasteiger partial charge in [-0.2, -0.15) is 0 Å². The molecule has 1 aromatic rings. The van der Waals surface area contributed by atoms with E-state index in [0.29, 0.717) is 5.41 Å². The third-order valence-corrected chi connectivity index (χ3v) is 5.81. The van der Waals surface area contributed by atoms with Gasteiger partial charge >= 0.3 is 0 Å². The molecule has 1 aromatic heterocycles. The highest BCUT2D eigenvalue weighted by molar-refractivity contribution is 7.11. The van der Waals surface area contributed by atoms with Gasteiger partial charge in [0, 0.05) is 4.88 Å². The monoisotopic (exact) mass is 294 g/mol. The molecule has 1 fully saturated rings. The summed E-state index contributed by atoms with van der Waals surface area (Å²) in [7, 11) is 0. The SMILES string of the molecule is CCCNC1(c2nc(C)c(C)s2)CC(C)CC(C)(C)C1. The van der Waals surface area contributed by atoms with Crippen molar-refractivity contribution in [1.29, 1.82) is 0 Å². The molecule has 1 aliphatic carbocycles. The fourth-order valence-electron chi connectivity index (χ4n) is 3.99. The van der Waals surface area contributed by atoms with Crippen LogP contribution in [0.5, 0.6) is 0 Å². The van der Waals surface area contributed by atoms with Crippen molar-refractivity contribution in [2.75, 3.05) is 6.54 Å². The Morgan fingerprint density at radius 3 is 2.50 bits per heavy atom. The van der Waals surface area contributed by atoms with Crippen molar-refractivity contribution < 1.29 is 0 Å². The minimum absolute atomic E-state index is 0.0981. The van der Waals surface area contributed by atoms with E-state index in [4.69, 9.17) is 4.98 Å². The van der Waals surface area contributed by atoms with Gasteiger partial charge in [0.05, 0.1) is 11.2 Å². The first-order valence-electron chi connectivity index (χ1n) is 7.97. The van der Waals surface area contributed by atoms with Crippen LogP contribution in [-0.2, 0) is 5.54 Å². The third kappa shape index (κ3) is 3.25. The van der Waals surface area contributed by atoms with Crippen LogP contribution in [0.4, 0.5) is 0 Å². The first-order chi connectivity index (χ1) is 9.28. The van der Waals surface area contributed by atoms with Crippen molar-refractivity contribution in [3.63, 3.8) is 0 Å². The molecule has 0 radical (unpaired) electrons. The van der Waals surface area contributed by atoms with Crippen molar-refractivity contribution in [3.8, 4) is 0 Å².